The summed E-state index contributed by atoms with van der Waals surface area (Å²) in [4.78, 5) is 0. The number of rotatable bonds is 3. The Bertz CT molecular complexity index is 195. The fourth-order valence-electron chi connectivity index (χ4n) is 3.26. The predicted octanol–water partition coefficient (Wildman–Crippen LogP) is 2.89. The van der Waals surface area contributed by atoms with Crippen molar-refractivity contribution in [2.45, 2.75) is 70.5 Å². The van der Waals surface area contributed by atoms with Crippen LogP contribution in [0, 0.1) is 5.41 Å². The van der Waals surface area contributed by atoms with Gasteiger partial charge in [0.05, 0.1) is 12.2 Å². The molecule has 2 nitrogen and oxygen atoms in total. The fourth-order valence-corrected chi connectivity index (χ4v) is 3.26. The number of hydrogen-bond donors (Lipinski definition) is 1. The maximum atomic E-state index is 10.0. The topological polar surface area (TPSA) is 29.5 Å². The van der Waals surface area contributed by atoms with Crippen molar-refractivity contribution in [2.75, 3.05) is 6.61 Å². The van der Waals surface area contributed by atoms with Crippen molar-refractivity contribution >= 4 is 0 Å². The van der Waals surface area contributed by atoms with Crippen molar-refractivity contribution in [2.24, 2.45) is 5.41 Å². The molecule has 0 saturated heterocycles. The molecule has 1 N–H and O–H groups in total. The summed E-state index contributed by atoms with van der Waals surface area (Å²) in [6.07, 6.45) is 9.84. The van der Waals surface area contributed by atoms with E-state index in [0.717, 1.165) is 19.4 Å². The molecule has 2 aliphatic carbocycles. The van der Waals surface area contributed by atoms with Crippen LogP contribution in [0.4, 0.5) is 0 Å². The summed E-state index contributed by atoms with van der Waals surface area (Å²) in [5.74, 6) is 0. The molecule has 2 rings (SSSR count). The highest BCUT2D eigenvalue weighted by Crippen LogP contribution is 2.52. The van der Waals surface area contributed by atoms with Crippen LogP contribution in [0.5, 0.6) is 0 Å². The Balaban J connectivity index is 1.95. The molecule has 1 spiro atoms. The van der Waals surface area contributed by atoms with Crippen LogP contribution in [0.15, 0.2) is 0 Å². The van der Waals surface area contributed by atoms with E-state index in [1.54, 1.807) is 0 Å². The molecule has 2 fully saturated rings. The van der Waals surface area contributed by atoms with Crippen molar-refractivity contribution in [3.8, 4) is 0 Å². The SMILES string of the molecule is CCCOC1CC(O)C12CCCCCC2. The zero-order chi connectivity index (χ0) is 10.7. The van der Waals surface area contributed by atoms with Crippen molar-refractivity contribution in [1.29, 1.82) is 0 Å². The lowest BCUT2D eigenvalue weighted by atomic mass is 9.59. The van der Waals surface area contributed by atoms with Crippen molar-refractivity contribution in [3.05, 3.63) is 0 Å². The number of ether oxygens (including phenoxy) is 1. The first kappa shape index (κ1) is 11.4. The largest absolute Gasteiger partial charge is 0.392 e. The van der Waals surface area contributed by atoms with Crippen LogP contribution in [-0.4, -0.2) is 23.9 Å². The standard InChI is InChI=1S/C13H24O2/c1-2-9-15-12-10-11(14)13(12)7-5-3-4-6-8-13/h11-12,14H,2-10H2,1H3. The van der Waals surface area contributed by atoms with Gasteiger partial charge in [-0.1, -0.05) is 32.6 Å². The van der Waals surface area contributed by atoms with E-state index < -0.39 is 0 Å². The van der Waals surface area contributed by atoms with E-state index in [1.165, 1.54) is 38.5 Å². The Labute approximate surface area is 93.0 Å². The zero-order valence-electron chi connectivity index (χ0n) is 9.87. The monoisotopic (exact) mass is 212 g/mol. The molecular formula is C13H24O2. The summed E-state index contributed by atoms with van der Waals surface area (Å²) in [5.41, 5.74) is 0.145. The van der Waals surface area contributed by atoms with Gasteiger partial charge in [0.1, 0.15) is 0 Å². The van der Waals surface area contributed by atoms with E-state index in [-0.39, 0.29) is 11.5 Å². The highest BCUT2D eigenvalue weighted by molar-refractivity contribution is 5.04. The first-order valence-corrected chi connectivity index (χ1v) is 6.59. The van der Waals surface area contributed by atoms with Gasteiger partial charge in [0, 0.05) is 18.4 Å². The molecule has 0 aromatic rings. The molecule has 0 aromatic heterocycles. The Kier molecular flexibility index (Phi) is 3.68. The van der Waals surface area contributed by atoms with Gasteiger partial charge in [-0.05, 0) is 19.3 Å². The van der Waals surface area contributed by atoms with Crippen LogP contribution >= 0.6 is 0 Å². The van der Waals surface area contributed by atoms with Crippen molar-refractivity contribution in [1.82, 2.24) is 0 Å². The maximum Gasteiger partial charge on any atom is 0.0680 e. The Morgan fingerprint density at radius 2 is 1.87 bits per heavy atom. The van der Waals surface area contributed by atoms with E-state index in [2.05, 4.69) is 6.92 Å². The molecule has 2 heteroatoms. The second-order valence-electron chi connectivity index (χ2n) is 5.26. The van der Waals surface area contributed by atoms with Gasteiger partial charge in [0.2, 0.25) is 0 Å². The van der Waals surface area contributed by atoms with Crippen LogP contribution in [0.25, 0.3) is 0 Å². The summed E-state index contributed by atoms with van der Waals surface area (Å²) in [6, 6.07) is 0. The zero-order valence-corrected chi connectivity index (χ0v) is 9.87. The van der Waals surface area contributed by atoms with Gasteiger partial charge < -0.3 is 9.84 Å². The summed E-state index contributed by atoms with van der Waals surface area (Å²) < 4.78 is 5.89. The second kappa shape index (κ2) is 4.84. The first-order valence-electron chi connectivity index (χ1n) is 6.59. The van der Waals surface area contributed by atoms with Crippen molar-refractivity contribution in [3.63, 3.8) is 0 Å². The van der Waals surface area contributed by atoms with E-state index in [4.69, 9.17) is 4.74 Å². The summed E-state index contributed by atoms with van der Waals surface area (Å²) in [5, 5.41) is 10.0. The molecule has 15 heavy (non-hydrogen) atoms. The van der Waals surface area contributed by atoms with Crippen LogP contribution in [0.3, 0.4) is 0 Å². The number of hydrogen-bond acceptors (Lipinski definition) is 2. The molecular weight excluding hydrogens is 188 g/mol. The Morgan fingerprint density at radius 3 is 2.40 bits per heavy atom. The third-order valence-corrected chi connectivity index (χ3v) is 4.30. The molecule has 88 valence electrons. The average molecular weight is 212 g/mol. The second-order valence-corrected chi connectivity index (χ2v) is 5.26. The third kappa shape index (κ3) is 2.07. The normalized spacial score (nSPS) is 34.8. The smallest absolute Gasteiger partial charge is 0.0680 e. The lowest BCUT2D eigenvalue weighted by Crippen LogP contribution is -2.58. The van der Waals surface area contributed by atoms with E-state index in [9.17, 15) is 5.11 Å². The Hall–Kier alpha value is -0.0800. The first-order chi connectivity index (χ1) is 7.29. The number of aliphatic hydroxyl groups excluding tert-OH is 1. The quantitative estimate of drug-likeness (QED) is 0.779. The molecule has 2 aliphatic rings. The molecule has 0 radical (unpaired) electrons. The minimum absolute atomic E-state index is 0.0857. The lowest BCUT2D eigenvalue weighted by Gasteiger charge is -2.53. The van der Waals surface area contributed by atoms with Crippen LogP contribution in [0.1, 0.15) is 58.3 Å². The van der Waals surface area contributed by atoms with E-state index >= 15 is 0 Å². The molecule has 0 aliphatic heterocycles. The molecule has 2 atom stereocenters. The molecule has 2 saturated carbocycles. The molecule has 0 aromatic carbocycles. The average Bonchev–Trinajstić information content (AvgIpc) is 2.51. The van der Waals surface area contributed by atoms with Gasteiger partial charge in [-0.25, -0.2) is 0 Å². The summed E-state index contributed by atoms with van der Waals surface area (Å²) in [6.45, 7) is 3.01. The van der Waals surface area contributed by atoms with Gasteiger partial charge in [-0.15, -0.1) is 0 Å². The molecule has 0 heterocycles. The van der Waals surface area contributed by atoms with E-state index in [1.807, 2.05) is 0 Å². The van der Waals surface area contributed by atoms with Crippen LogP contribution in [-0.2, 0) is 4.74 Å². The molecule has 2 unspecified atom stereocenters. The van der Waals surface area contributed by atoms with Gasteiger partial charge in [-0.2, -0.15) is 0 Å². The fraction of sp³-hybridized carbons (Fsp3) is 1.00. The van der Waals surface area contributed by atoms with Gasteiger partial charge in [0.15, 0.2) is 0 Å². The van der Waals surface area contributed by atoms with Gasteiger partial charge in [0.25, 0.3) is 0 Å². The highest BCUT2D eigenvalue weighted by Gasteiger charge is 2.54. The van der Waals surface area contributed by atoms with E-state index in [0.29, 0.717) is 6.10 Å². The van der Waals surface area contributed by atoms with Gasteiger partial charge >= 0.3 is 0 Å². The number of aliphatic hydroxyl groups is 1. The van der Waals surface area contributed by atoms with Crippen molar-refractivity contribution < 1.29 is 9.84 Å². The Morgan fingerprint density at radius 1 is 1.20 bits per heavy atom. The highest BCUT2D eigenvalue weighted by atomic mass is 16.5. The summed E-state index contributed by atoms with van der Waals surface area (Å²) >= 11 is 0. The minimum atomic E-state index is -0.0857. The van der Waals surface area contributed by atoms with Crippen LogP contribution < -0.4 is 0 Å². The predicted molar refractivity (Wildman–Crippen MR) is 60.8 cm³/mol. The van der Waals surface area contributed by atoms with Gasteiger partial charge in [-0.3, -0.25) is 0 Å². The third-order valence-electron chi connectivity index (χ3n) is 4.30. The minimum Gasteiger partial charge on any atom is -0.392 e. The lowest BCUT2D eigenvalue weighted by molar-refractivity contribution is -0.198. The summed E-state index contributed by atoms with van der Waals surface area (Å²) in [7, 11) is 0. The molecule has 0 amide bonds. The maximum absolute atomic E-state index is 10.0. The van der Waals surface area contributed by atoms with Crippen LogP contribution in [0.2, 0.25) is 0 Å². The molecule has 0 bridgehead atoms.